The zero-order chi connectivity index (χ0) is 14.6. The van der Waals surface area contributed by atoms with Gasteiger partial charge in [-0.15, -0.1) is 0 Å². The first-order chi connectivity index (χ1) is 8.74. The Morgan fingerprint density at radius 2 is 2.16 bits per heavy atom. The van der Waals surface area contributed by atoms with Crippen LogP contribution in [0.1, 0.15) is 0 Å². The summed E-state index contributed by atoms with van der Waals surface area (Å²) in [6, 6.07) is 0. The highest BCUT2D eigenvalue weighted by atomic mass is 35.5. The average Bonchev–Trinajstić information content (AvgIpc) is 2.28. The summed E-state index contributed by atoms with van der Waals surface area (Å²) in [6.07, 6.45) is 0.956. The summed E-state index contributed by atoms with van der Waals surface area (Å²) in [7, 11) is -0.583. The van der Waals surface area contributed by atoms with Crippen LogP contribution in [-0.4, -0.2) is 54.0 Å². The molecule has 9 nitrogen and oxygen atoms in total. The maximum atomic E-state index is 11.5. The van der Waals surface area contributed by atoms with Crippen LogP contribution in [0.25, 0.3) is 0 Å². The van der Waals surface area contributed by atoms with Crippen LogP contribution in [0.5, 0.6) is 0 Å². The molecular formula is C8H12ClN5O4S. The van der Waals surface area contributed by atoms with Gasteiger partial charge in [0.2, 0.25) is 21.1 Å². The number of hydrogen-bond acceptors (Lipinski definition) is 7. The SMILES string of the molecule is CN(C)S(=O)(=O)CCNc1nc(Cl)ncc1[N+](=O)[O-]. The third-order valence-corrected chi connectivity index (χ3v) is 4.16. The molecule has 0 atom stereocenters. The minimum Gasteiger partial charge on any atom is -0.363 e. The molecule has 0 fully saturated rings. The Kier molecular flexibility index (Phi) is 4.97. The highest BCUT2D eigenvalue weighted by Crippen LogP contribution is 2.21. The fourth-order valence-electron chi connectivity index (χ4n) is 1.10. The molecule has 0 aliphatic heterocycles. The van der Waals surface area contributed by atoms with Gasteiger partial charge in [0.25, 0.3) is 0 Å². The van der Waals surface area contributed by atoms with E-state index in [1.807, 2.05) is 0 Å². The van der Waals surface area contributed by atoms with Gasteiger partial charge in [-0.25, -0.2) is 17.7 Å². The highest BCUT2D eigenvalue weighted by molar-refractivity contribution is 7.89. The van der Waals surface area contributed by atoms with Gasteiger partial charge in [0.1, 0.15) is 6.20 Å². The molecule has 1 N–H and O–H groups in total. The monoisotopic (exact) mass is 309 g/mol. The molecule has 0 amide bonds. The molecule has 0 aromatic carbocycles. The van der Waals surface area contributed by atoms with Crippen LogP contribution >= 0.6 is 11.6 Å². The maximum absolute atomic E-state index is 11.5. The molecular weight excluding hydrogens is 298 g/mol. The van der Waals surface area contributed by atoms with E-state index in [9.17, 15) is 18.5 Å². The summed E-state index contributed by atoms with van der Waals surface area (Å²) >= 11 is 5.53. The van der Waals surface area contributed by atoms with Crippen LogP contribution in [0.15, 0.2) is 6.20 Å². The number of nitrogens with zero attached hydrogens (tertiary/aromatic N) is 4. The van der Waals surface area contributed by atoms with Gasteiger partial charge in [0.15, 0.2) is 0 Å². The second-order valence-corrected chi connectivity index (χ2v) is 6.30. The summed E-state index contributed by atoms with van der Waals surface area (Å²) < 4.78 is 24.1. The Balaban J connectivity index is 2.78. The standard InChI is InChI=1S/C8H12ClN5O4S/c1-13(2)19(17,18)4-3-10-7-6(14(15)16)5-11-8(9)12-7/h5H,3-4H2,1-2H3,(H,10,11,12). The molecule has 0 saturated heterocycles. The van der Waals surface area contributed by atoms with E-state index in [0.29, 0.717) is 0 Å². The van der Waals surface area contributed by atoms with Crippen molar-refractivity contribution in [2.75, 3.05) is 31.7 Å². The number of halogens is 1. The van der Waals surface area contributed by atoms with E-state index >= 15 is 0 Å². The minimum atomic E-state index is -3.39. The largest absolute Gasteiger partial charge is 0.363 e. The van der Waals surface area contributed by atoms with Crippen LogP contribution in [0.3, 0.4) is 0 Å². The lowest BCUT2D eigenvalue weighted by Gasteiger charge is -2.11. The van der Waals surface area contributed by atoms with Gasteiger partial charge in [-0.2, -0.15) is 4.98 Å². The average molecular weight is 310 g/mol. The minimum absolute atomic E-state index is 0.0330. The van der Waals surface area contributed by atoms with Crippen molar-refractivity contribution < 1.29 is 13.3 Å². The van der Waals surface area contributed by atoms with Crippen molar-refractivity contribution in [1.82, 2.24) is 14.3 Å². The lowest BCUT2D eigenvalue weighted by atomic mass is 10.5. The van der Waals surface area contributed by atoms with Crippen molar-refractivity contribution in [1.29, 1.82) is 0 Å². The second kappa shape index (κ2) is 6.08. The van der Waals surface area contributed by atoms with E-state index in [4.69, 9.17) is 11.6 Å². The summed E-state index contributed by atoms with van der Waals surface area (Å²) in [5, 5.41) is 13.1. The fraction of sp³-hybridized carbons (Fsp3) is 0.500. The molecule has 0 radical (unpaired) electrons. The lowest BCUT2D eigenvalue weighted by molar-refractivity contribution is -0.384. The van der Waals surface area contributed by atoms with E-state index in [1.54, 1.807) is 0 Å². The Bertz CT molecular complexity index is 577. The van der Waals surface area contributed by atoms with Gasteiger partial charge in [-0.05, 0) is 11.6 Å². The van der Waals surface area contributed by atoms with Crippen molar-refractivity contribution in [3.63, 3.8) is 0 Å². The summed E-state index contributed by atoms with van der Waals surface area (Å²) in [5.74, 6) is -0.336. The van der Waals surface area contributed by atoms with Crippen LogP contribution in [0.4, 0.5) is 11.5 Å². The smallest absolute Gasteiger partial charge is 0.329 e. The number of nitro groups is 1. The van der Waals surface area contributed by atoms with Crippen LogP contribution in [-0.2, 0) is 10.0 Å². The van der Waals surface area contributed by atoms with E-state index in [0.717, 1.165) is 10.5 Å². The third kappa shape index (κ3) is 4.26. The molecule has 1 heterocycles. The van der Waals surface area contributed by atoms with E-state index < -0.39 is 14.9 Å². The molecule has 0 spiro atoms. The first-order valence-corrected chi connectivity index (χ1v) is 7.04. The maximum Gasteiger partial charge on any atom is 0.329 e. The van der Waals surface area contributed by atoms with Crippen LogP contribution in [0, 0.1) is 10.1 Å². The van der Waals surface area contributed by atoms with Crippen molar-refractivity contribution in [2.45, 2.75) is 0 Å². The molecule has 106 valence electrons. The Morgan fingerprint density at radius 3 is 2.68 bits per heavy atom. The number of sulfonamides is 1. The summed E-state index contributed by atoms with van der Waals surface area (Å²) in [5.41, 5.74) is -0.369. The fourth-order valence-corrected chi connectivity index (χ4v) is 1.96. The van der Waals surface area contributed by atoms with Crippen LogP contribution in [0.2, 0.25) is 5.28 Å². The van der Waals surface area contributed by atoms with Crippen molar-refractivity contribution >= 4 is 33.1 Å². The number of anilines is 1. The highest BCUT2D eigenvalue weighted by Gasteiger charge is 2.18. The number of aromatic nitrogens is 2. The molecule has 1 rings (SSSR count). The quantitative estimate of drug-likeness (QED) is 0.457. The molecule has 1 aromatic heterocycles. The van der Waals surface area contributed by atoms with Gasteiger partial charge in [0.05, 0.1) is 10.7 Å². The second-order valence-electron chi connectivity index (χ2n) is 3.66. The van der Waals surface area contributed by atoms with E-state index in [-0.39, 0.29) is 29.1 Å². The van der Waals surface area contributed by atoms with Crippen molar-refractivity contribution in [2.24, 2.45) is 0 Å². The molecule has 0 aliphatic rings. The topological polar surface area (TPSA) is 118 Å². The number of hydrogen-bond donors (Lipinski definition) is 1. The normalized spacial score (nSPS) is 11.6. The Hall–Kier alpha value is -1.52. The first-order valence-electron chi connectivity index (χ1n) is 5.05. The zero-order valence-electron chi connectivity index (χ0n) is 10.2. The first kappa shape index (κ1) is 15.5. The number of rotatable bonds is 6. The molecule has 0 saturated carbocycles. The van der Waals surface area contributed by atoms with E-state index in [2.05, 4.69) is 15.3 Å². The number of nitrogens with one attached hydrogen (secondary N) is 1. The molecule has 0 aliphatic carbocycles. The van der Waals surface area contributed by atoms with Gasteiger partial charge >= 0.3 is 5.69 Å². The van der Waals surface area contributed by atoms with Crippen molar-refractivity contribution in [3.05, 3.63) is 21.6 Å². The third-order valence-electron chi connectivity index (χ3n) is 2.15. The van der Waals surface area contributed by atoms with Gasteiger partial charge in [0, 0.05) is 20.6 Å². The van der Waals surface area contributed by atoms with Crippen molar-refractivity contribution in [3.8, 4) is 0 Å². The van der Waals surface area contributed by atoms with Crippen LogP contribution < -0.4 is 5.32 Å². The molecule has 11 heteroatoms. The van der Waals surface area contributed by atoms with Gasteiger partial charge in [-0.3, -0.25) is 10.1 Å². The van der Waals surface area contributed by atoms with Gasteiger partial charge in [-0.1, -0.05) is 0 Å². The van der Waals surface area contributed by atoms with E-state index in [1.165, 1.54) is 14.1 Å². The predicted octanol–water partition coefficient (Wildman–Crippen LogP) is 0.342. The lowest BCUT2D eigenvalue weighted by Crippen LogP contribution is -2.28. The predicted molar refractivity (Wildman–Crippen MR) is 69.7 cm³/mol. The Morgan fingerprint density at radius 1 is 1.53 bits per heavy atom. The molecule has 0 unspecified atom stereocenters. The Labute approximate surface area is 114 Å². The summed E-state index contributed by atoms with van der Waals surface area (Å²) in [4.78, 5) is 17.2. The zero-order valence-corrected chi connectivity index (χ0v) is 11.8. The molecule has 1 aromatic rings. The summed E-state index contributed by atoms with van der Waals surface area (Å²) in [6.45, 7) is -0.0330. The molecule has 0 bridgehead atoms. The molecule has 19 heavy (non-hydrogen) atoms. The van der Waals surface area contributed by atoms with Gasteiger partial charge < -0.3 is 5.32 Å².